The van der Waals surface area contributed by atoms with Crippen molar-refractivity contribution in [2.75, 3.05) is 0 Å². The number of rotatable bonds is 0. The summed E-state index contributed by atoms with van der Waals surface area (Å²) in [5, 5.41) is 0. The van der Waals surface area contributed by atoms with E-state index in [9.17, 15) is 0 Å². The second kappa shape index (κ2) is 2.89. The summed E-state index contributed by atoms with van der Waals surface area (Å²) >= 11 is -6.02. The summed E-state index contributed by atoms with van der Waals surface area (Å²) in [7, 11) is 0. The molecule has 0 saturated carbocycles. The second-order valence-corrected chi connectivity index (χ2v) is 2.74. The van der Waals surface area contributed by atoms with Gasteiger partial charge in [-0.1, -0.05) is 0 Å². The van der Waals surface area contributed by atoms with E-state index in [0.717, 1.165) is 0 Å². The monoisotopic (exact) mass is 252 g/mol. The van der Waals surface area contributed by atoms with Gasteiger partial charge in [-0.3, -0.25) is 0 Å². The summed E-state index contributed by atoms with van der Waals surface area (Å²) in [6.07, 6.45) is 0. The third kappa shape index (κ3) is 108. The Morgan fingerprint density at radius 1 is 1.17 bits per heavy atom. The van der Waals surface area contributed by atoms with E-state index < -0.39 is 19.0 Å². The molecule has 0 bridgehead atoms. The van der Waals surface area contributed by atoms with Crippen molar-refractivity contribution in [3.63, 3.8) is 0 Å². The summed E-state index contributed by atoms with van der Waals surface area (Å²) in [5.41, 5.74) is 0. The van der Waals surface area contributed by atoms with Crippen LogP contribution in [0.1, 0.15) is 0 Å². The Morgan fingerprint density at radius 3 is 1.17 bits per heavy atom. The van der Waals surface area contributed by atoms with Gasteiger partial charge < -0.3 is 0 Å². The standard InChI is InChI=1S/Ni.H2O4Te/c;1-5(2,3)4/h;(H2,1,2,3,4)/q+2;/p-2. The average molecular weight is 250 g/mol. The van der Waals surface area contributed by atoms with Crippen molar-refractivity contribution in [1.82, 2.24) is 0 Å². The predicted octanol–water partition coefficient (Wildman–Crippen LogP) is -3.00. The smallest absolute Gasteiger partial charge is 2.00 e. The average Bonchev–Trinajstić information content (AvgIpc) is 0.722. The predicted molar refractivity (Wildman–Crippen MR) is 7.13 cm³/mol. The van der Waals surface area contributed by atoms with E-state index in [-0.39, 0.29) is 16.5 Å². The third-order valence-electron chi connectivity index (χ3n) is 0. The zero-order valence-corrected chi connectivity index (χ0v) is 5.68. The van der Waals surface area contributed by atoms with Gasteiger partial charge in [0.05, 0.1) is 0 Å². The first-order valence-corrected chi connectivity index (χ1v) is 4.47. The zero-order chi connectivity index (χ0) is 4.50. The van der Waals surface area contributed by atoms with E-state index >= 15 is 0 Å². The van der Waals surface area contributed by atoms with Gasteiger partial charge in [-0.05, 0) is 0 Å². The quantitative estimate of drug-likeness (QED) is 0.429. The van der Waals surface area contributed by atoms with Crippen LogP contribution in [0.25, 0.3) is 0 Å². The first-order valence-electron chi connectivity index (χ1n) is 0.667. The molecule has 0 aliphatic rings. The minimum atomic E-state index is -6.02. The molecule has 0 rings (SSSR count). The van der Waals surface area contributed by atoms with Gasteiger partial charge in [-0.2, -0.15) is 0 Å². The van der Waals surface area contributed by atoms with Crippen LogP contribution in [0, 0.1) is 0 Å². The Labute approximate surface area is 48.7 Å². The molecule has 0 fully saturated rings. The fraction of sp³-hybridized carbons (Fsp3) is 0. The van der Waals surface area contributed by atoms with Crippen molar-refractivity contribution < 1.29 is 29.6 Å². The van der Waals surface area contributed by atoms with Gasteiger partial charge in [-0.25, -0.2) is 0 Å². The molecule has 6 heteroatoms. The maximum Gasteiger partial charge on any atom is 2.00 e. The van der Waals surface area contributed by atoms with Crippen LogP contribution in [-0.2, 0) is 22.7 Å². The molecule has 0 unspecified atom stereocenters. The van der Waals surface area contributed by atoms with Crippen molar-refractivity contribution in [2.24, 2.45) is 0 Å². The zero-order valence-electron chi connectivity index (χ0n) is 2.36. The minimum absolute atomic E-state index is 0. The molecule has 0 aromatic carbocycles. The number of hydrogen-bond donors (Lipinski definition) is 0. The molecule has 6 heavy (non-hydrogen) atoms. The largest absolute Gasteiger partial charge is 2.00 e. The van der Waals surface area contributed by atoms with E-state index in [2.05, 4.69) is 0 Å². The molecular formula is NiO4Te. The van der Waals surface area contributed by atoms with Gasteiger partial charge in [0.1, 0.15) is 0 Å². The summed E-state index contributed by atoms with van der Waals surface area (Å²) in [6.45, 7) is 0. The molecule has 0 heterocycles. The van der Waals surface area contributed by atoms with E-state index in [1.165, 1.54) is 0 Å². The molecule has 4 nitrogen and oxygen atoms in total. The van der Waals surface area contributed by atoms with E-state index in [1.54, 1.807) is 0 Å². The Kier molecular flexibility index (Phi) is 4.79. The Balaban J connectivity index is 0. The van der Waals surface area contributed by atoms with Gasteiger partial charge in [-0.15, -0.1) is 0 Å². The summed E-state index contributed by atoms with van der Waals surface area (Å²) in [6, 6.07) is 0. The van der Waals surface area contributed by atoms with Gasteiger partial charge >= 0.3 is 48.6 Å². The first-order chi connectivity index (χ1) is 2.00. The van der Waals surface area contributed by atoms with Crippen LogP contribution >= 0.6 is 0 Å². The maximum absolute atomic E-state index is 8.63. The molecule has 0 aromatic heterocycles. The fourth-order valence-electron chi connectivity index (χ4n) is 0. The van der Waals surface area contributed by atoms with Crippen LogP contribution in [0.2, 0.25) is 0 Å². The Morgan fingerprint density at radius 2 is 1.17 bits per heavy atom. The molecule has 40 valence electrons. The molecule has 0 amide bonds. The third-order valence-corrected chi connectivity index (χ3v) is 0. The van der Waals surface area contributed by atoms with Crippen LogP contribution < -0.4 is 6.94 Å². The van der Waals surface area contributed by atoms with Crippen molar-refractivity contribution in [3.05, 3.63) is 0 Å². The van der Waals surface area contributed by atoms with Gasteiger partial charge in [0.25, 0.3) is 0 Å². The minimum Gasteiger partial charge on any atom is 2.00 e. The molecule has 0 spiro atoms. The van der Waals surface area contributed by atoms with Crippen LogP contribution in [0.5, 0.6) is 0 Å². The van der Waals surface area contributed by atoms with Crippen molar-refractivity contribution in [3.8, 4) is 0 Å². The molecule has 0 N–H and O–H groups in total. The Hall–Kier alpha value is 0.803. The SMILES string of the molecule is O=[Te](=O)([O-])[O-].[Ni+2]. The van der Waals surface area contributed by atoms with Crippen LogP contribution in [0.3, 0.4) is 0 Å². The molecule has 0 saturated heterocycles. The number of hydrogen-bond acceptors (Lipinski definition) is 4. The van der Waals surface area contributed by atoms with Crippen LogP contribution in [-0.4, -0.2) is 19.0 Å². The van der Waals surface area contributed by atoms with E-state index in [0.29, 0.717) is 0 Å². The van der Waals surface area contributed by atoms with Gasteiger partial charge in [0, 0.05) is 0 Å². The Bertz CT molecular complexity index is 90.7. The van der Waals surface area contributed by atoms with Crippen molar-refractivity contribution in [1.29, 1.82) is 0 Å². The van der Waals surface area contributed by atoms with Crippen molar-refractivity contribution >= 4 is 19.0 Å². The first kappa shape index (κ1) is 9.93. The molecule has 0 radical (unpaired) electrons. The summed E-state index contributed by atoms with van der Waals surface area (Å²) < 4.78 is 34.5. The topological polar surface area (TPSA) is 80.3 Å². The van der Waals surface area contributed by atoms with Crippen LogP contribution in [0.15, 0.2) is 0 Å². The molecule has 0 aliphatic heterocycles. The molecular weight excluding hydrogens is 250 g/mol. The molecule has 0 aliphatic carbocycles. The normalized spacial score (nSPS) is 9.67. The summed E-state index contributed by atoms with van der Waals surface area (Å²) in [5.74, 6) is 0. The van der Waals surface area contributed by atoms with Crippen LogP contribution in [0.4, 0.5) is 0 Å². The van der Waals surface area contributed by atoms with Crippen molar-refractivity contribution in [2.45, 2.75) is 0 Å². The molecule has 0 aromatic rings. The van der Waals surface area contributed by atoms with Gasteiger partial charge in [0.15, 0.2) is 0 Å². The fourth-order valence-corrected chi connectivity index (χ4v) is 0. The second-order valence-electron chi connectivity index (χ2n) is 0.408. The van der Waals surface area contributed by atoms with E-state index in [1.807, 2.05) is 0 Å². The van der Waals surface area contributed by atoms with Gasteiger partial charge in [0.2, 0.25) is 0 Å². The van der Waals surface area contributed by atoms with E-state index in [4.69, 9.17) is 13.2 Å². The maximum atomic E-state index is 8.63. The summed E-state index contributed by atoms with van der Waals surface area (Å²) in [4.78, 5) is 0. The molecule has 0 atom stereocenters.